The summed E-state index contributed by atoms with van der Waals surface area (Å²) in [5.41, 5.74) is 1.85. The molecule has 0 radical (unpaired) electrons. The van der Waals surface area contributed by atoms with Crippen LogP contribution in [0.4, 0.5) is 4.79 Å². The Morgan fingerprint density at radius 2 is 1.41 bits per heavy atom. The average Bonchev–Trinajstić information content (AvgIpc) is 3.82. The number of nitrogens with one attached hydrogen (secondary N) is 5. The summed E-state index contributed by atoms with van der Waals surface area (Å²) in [4.78, 5) is 65.1. The lowest BCUT2D eigenvalue weighted by atomic mass is 9.89. The Labute approximate surface area is 368 Å². The van der Waals surface area contributed by atoms with Crippen molar-refractivity contribution >= 4 is 53.0 Å². The molecule has 3 aliphatic heterocycles. The molecule has 3 saturated heterocycles. The van der Waals surface area contributed by atoms with E-state index in [-0.39, 0.29) is 48.3 Å². The molecular formula is C44H63ClN6O9S. The van der Waals surface area contributed by atoms with Gasteiger partial charge >= 0.3 is 6.03 Å². The average molecular weight is 888 g/mol. The third-order valence-corrected chi connectivity index (χ3v) is 12.8. The lowest BCUT2D eigenvalue weighted by Gasteiger charge is -2.35. The van der Waals surface area contributed by atoms with E-state index in [1.54, 1.807) is 18.2 Å². The Bertz CT molecular complexity index is 1710. The molecule has 4 atom stereocenters. The van der Waals surface area contributed by atoms with Gasteiger partial charge in [0, 0.05) is 59.8 Å². The Morgan fingerprint density at radius 1 is 0.803 bits per heavy atom. The predicted molar refractivity (Wildman–Crippen MR) is 235 cm³/mol. The zero-order valence-corrected chi connectivity index (χ0v) is 37.0. The molecule has 61 heavy (non-hydrogen) atoms. The Kier molecular flexibility index (Phi) is 20.4. The second-order valence-electron chi connectivity index (χ2n) is 15.9. The summed E-state index contributed by atoms with van der Waals surface area (Å²) >= 11 is 7.94. The number of piperidine rings is 1. The summed E-state index contributed by atoms with van der Waals surface area (Å²) in [5, 5.41) is 15.7. The quantitative estimate of drug-likeness (QED) is 0.0680. The smallest absolute Gasteiger partial charge is 0.315 e. The minimum absolute atomic E-state index is 0.0210. The first-order valence-corrected chi connectivity index (χ1v) is 23.0. The molecule has 0 unspecified atom stereocenters. The van der Waals surface area contributed by atoms with E-state index in [9.17, 15) is 24.0 Å². The standard InChI is InChI=1S/C44H63ClN6O9S/c1-30(2)39(43(55)51-18-14-32(15-19-51)31-10-12-35(45)13-11-31)49-42(54)34-7-5-6-33(28-34)41(53)47-17-21-58-23-25-60-27-26-59-24-22-57-20-16-46-38(52)9-4-3-8-37-40-36(29-61-37)48-44(56)50-40/h5-7,10-13,28,30,32,36-37,39-40H,3-4,8-9,14-27,29H2,1-2H3,(H,46,52)(H,47,53)(H,49,54)(H2,48,50,56)/t36-,37-,39+,40-/m0/s1. The molecule has 2 aromatic rings. The van der Waals surface area contributed by atoms with Gasteiger partial charge in [-0.1, -0.05) is 50.1 Å². The van der Waals surface area contributed by atoms with E-state index in [0.29, 0.717) is 106 Å². The highest BCUT2D eigenvalue weighted by Gasteiger charge is 2.42. The molecule has 336 valence electrons. The Balaban J connectivity index is 0.827. The number of halogens is 1. The molecule has 3 heterocycles. The van der Waals surface area contributed by atoms with Crippen LogP contribution in [-0.4, -0.2) is 143 Å². The van der Waals surface area contributed by atoms with E-state index in [1.165, 1.54) is 11.6 Å². The molecule has 5 N–H and O–H groups in total. The van der Waals surface area contributed by atoms with Crippen molar-refractivity contribution in [1.82, 2.24) is 31.5 Å². The van der Waals surface area contributed by atoms with E-state index < -0.39 is 11.9 Å². The summed E-state index contributed by atoms with van der Waals surface area (Å²) in [6, 6.07) is 14.0. The van der Waals surface area contributed by atoms with Crippen LogP contribution in [-0.2, 0) is 28.5 Å². The summed E-state index contributed by atoms with van der Waals surface area (Å²) in [7, 11) is 0. The van der Waals surface area contributed by atoms with Gasteiger partial charge in [0.15, 0.2) is 0 Å². The molecule has 0 aliphatic carbocycles. The van der Waals surface area contributed by atoms with Crippen molar-refractivity contribution in [3.63, 3.8) is 0 Å². The molecule has 0 spiro atoms. The number of ether oxygens (including phenoxy) is 4. The first kappa shape index (κ1) is 48.1. The molecule has 6 amide bonds. The van der Waals surface area contributed by atoms with Gasteiger partial charge in [0.1, 0.15) is 6.04 Å². The summed E-state index contributed by atoms with van der Waals surface area (Å²) in [6.45, 7) is 8.87. The molecule has 0 bridgehead atoms. The Hall–Kier alpha value is -3.93. The van der Waals surface area contributed by atoms with Crippen molar-refractivity contribution in [3.05, 3.63) is 70.2 Å². The summed E-state index contributed by atoms with van der Waals surface area (Å²) in [5.74, 6) is 0.362. The number of carbonyl (C=O) groups excluding carboxylic acids is 5. The Morgan fingerprint density at radius 3 is 2.05 bits per heavy atom. The van der Waals surface area contributed by atoms with Gasteiger partial charge in [0.2, 0.25) is 11.8 Å². The monoisotopic (exact) mass is 886 g/mol. The van der Waals surface area contributed by atoms with Crippen LogP contribution in [0.5, 0.6) is 0 Å². The van der Waals surface area contributed by atoms with Gasteiger partial charge in [-0.05, 0) is 73.4 Å². The number of nitrogens with zero attached hydrogens (tertiary/aromatic N) is 1. The van der Waals surface area contributed by atoms with Crippen molar-refractivity contribution in [2.45, 2.75) is 81.7 Å². The van der Waals surface area contributed by atoms with Gasteiger partial charge in [0.05, 0.1) is 64.9 Å². The number of hydrogen-bond acceptors (Lipinski definition) is 10. The minimum atomic E-state index is -0.691. The first-order valence-electron chi connectivity index (χ1n) is 21.6. The number of likely N-dealkylation sites (tertiary alicyclic amines) is 1. The zero-order valence-electron chi connectivity index (χ0n) is 35.4. The topological polar surface area (TPSA) is 186 Å². The fourth-order valence-electron chi connectivity index (χ4n) is 7.63. The lowest BCUT2D eigenvalue weighted by Crippen LogP contribution is -2.52. The third-order valence-electron chi connectivity index (χ3n) is 11.1. The molecule has 3 fully saturated rings. The summed E-state index contributed by atoms with van der Waals surface area (Å²) in [6.07, 6.45) is 4.94. The van der Waals surface area contributed by atoms with Gasteiger partial charge in [-0.15, -0.1) is 0 Å². The van der Waals surface area contributed by atoms with E-state index in [4.69, 9.17) is 30.5 Å². The van der Waals surface area contributed by atoms with Crippen LogP contribution in [0.25, 0.3) is 0 Å². The SMILES string of the molecule is CC(C)[C@@H](NC(=O)c1cccc(C(=O)NCCOCCOCCOCCOCCNC(=O)CCCC[C@@H]2SC[C@@H]3NC(=O)N[C@@H]32)c1)C(=O)N1CCC(c2ccc(Cl)cc2)CC1. The van der Waals surface area contributed by atoms with Crippen LogP contribution in [0, 0.1) is 5.92 Å². The normalized spacial score (nSPS) is 19.2. The highest BCUT2D eigenvalue weighted by Crippen LogP contribution is 2.33. The maximum atomic E-state index is 13.6. The number of amides is 6. The fraction of sp³-hybridized carbons (Fsp3) is 0.614. The van der Waals surface area contributed by atoms with E-state index in [2.05, 4.69) is 26.6 Å². The van der Waals surface area contributed by atoms with Crippen LogP contribution in [0.15, 0.2) is 48.5 Å². The molecule has 5 rings (SSSR count). The maximum Gasteiger partial charge on any atom is 0.315 e. The third kappa shape index (κ3) is 16.0. The number of thioether (sulfide) groups is 1. The van der Waals surface area contributed by atoms with Crippen LogP contribution in [0.3, 0.4) is 0 Å². The zero-order chi connectivity index (χ0) is 43.4. The summed E-state index contributed by atoms with van der Waals surface area (Å²) < 4.78 is 22.1. The molecule has 2 aromatic carbocycles. The van der Waals surface area contributed by atoms with Gasteiger partial charge in [-0.3, -0.25) is 19.2 Å². The number of unbranched alkanes of at least 4 members (excludes halogenated alkanes) is 1. The lowest BCUT2D eigenvalue weighted by molar-refractivity contribution is -0.135. The van der Waals surface area contributed by atoms with Gasteiger partial charge in [-0.25, -0.2) is 4.79 Å². The van der Waals surface area contributed by atoms with E-state index >= 15 is 0 Å². The number of hydrogen-bond donors (Lipinski definition) is 5. The number of fused-ring (bicyclic) bond motifs is 1. The second kappa shape index (κ2) is 25.9. The molecule has 15 nitrogen and oxygen atoms in total. The van der Waals surface area contributed by atoms with Crippen LogP contribution in [0.2, 0.25) is 5.02 Å². The van der Waals surface area contributed by atoms with E-state index in [1.807, 2.05) is 54.8 Å². The molecular weight excluding hydrogens is 824 g/mol. The largest absolute Gasteiger partial charge is 0.377 e. The number of carbonyl (C=O) groups is 5. The van der Waals surface area contributed by atoms with Gasteiger partial charge in [0.25, 0.3) is 11.8 Å². The predicted octanol–water partition coefficient (Wildman–Crippen LogP) is 4.14. The van der Waals surface area contributed by atoms with Crippen LogP contribution in [0.1, 0.15) is 84.6 Å². The van der Waals surface area contributed by atoms with Crippen molar-refractivity contribution in [2.75, 3.05) is 84.8 Å². The molecule has 3 aliphatic rings. The second-order valence-corrected chi connectivity index (χ2v) is 17.6. The molecule has 0 aromatic heterocycles. The highest BCUT2D eigenvalue weighted by molar-refractivity contribution is 8.00. The van der Waals surface area contributed by atoms with Crippen molar-refractivity contribution in [1.29, 1.82) is 0 Å². The van der Waals surface area contributed by atoms with Crippen LogP contribution >= 0.6 is 23.4 Å². The van der Waals surface area contributed by atoms with Crippen LogP contribution < -0.4 is 26.6 Å². The fourth-order valence-corrected chi connectivity index (χ4v) is 9.30. The van der Waals surface area contributed by atoms with Gasteiger partial charge in [-0.2, -0.15) is 11.8 Å². The highest BCUT2D eigenvalue weighted by atomic mass is 35.5. The number of benzene rings is 2. The van der Waals surface area contributed by atoms with E-state index in [0.717, 1.165) is 37.9 Å². The van der Waals surface area contributed by atoms with Crippen molar-refractivity contribution in [2.24, 2.45) is 5.92 Å². The number of rotatable bonds is 26. The minimum Gasteiger partial charge on any atom is -0.377 e. The molecule has 0 saturated carbocycles. The maximum absolute atomic E-state index is 13.6. The van der Waals surface area contributed by atoms with Crippen molar-refractivity contribution < 1.29 is 42.9 Å². The number of urea groups is 1. The van der Waals surface area contributed by atoms with Gasteiger partial charge < -0.3 is 50.4 Å². The van der Waals surface area contributed by atoms with Crippen molar-refractivity contribution in [3.8, 4) is 0 Å². The molecule has 17 heteroatoms. The first-order chi connectivity index (χ1) is 29.6.